The third-order valence-electron chi connectivity index (χ3n) is 5.71. The predicted molar refractivity (Wildman–Crippen MR) is 141 cm³/mol. The zero-order valence-corrected chi connectivity index (χ0v) is 21.6. The van der Waals surface area contributed by atoms with Crippen LogP contribution in [0.25, 0.3) is 20.4 Å². The lowest BCUT2D eigenvalue weighted by Crippen LogP contribution is -2.50. The first-order valence-electron chi connectivity index (χ1n) is 11.2. The van der Waals surface area contributed by atoms with E-state index in [2.05, 4.69) is 14.9 Å². The fourth-order valence-electron chi connectivity index (χ4n) is 3.92. The largest absolute Gasteiger partial charge is 0.494 e. The molecule has 12 heteroatoms. The number of nitro benzene ring substituents is 1. The number of nitrogens with zero attached hydrogens (tertiary/aromatic N) is 5. The van der Waals surface area contributed by atoms with E-state index >= 15 is 0 Å². The molecule has 1 atom stereocenters. The smallest absolute Gasteiger partial charge is 0.270 e. The van der Waals surface area contributed by atoms with Crippen LogP contribution in [0.15, 0.2) is 40.7 Å². The van der Waals surface area contributed by atoms with E-state index in [1.54, 1.807) is 23.5 Å². The average Bonchev–Trinajstić information content (AvgIpc) is 3.46. The number of amides is 1. The van der Waals surface area contributed by atoms with E-state index in [-0.39, 0.29) is 16.8 Å². The molecule has 1 fully saturated rings. The van der Waals surface area contributed by atoms with Crippen LogP contribution < -0.4 is 9.64 Å². The number of fused-ring (bicyclic) bond motifs is 2. The van der Waals surface area contributed by atoms with Crippen LogP contribution in [0.2, 0.25) is 0 Å². The minimum atomic E-state index is -0.394. The van der Waals surface area contributed by atoms with Gasteiger partial charge in [0.25, 0.3) is 5.69 Å². The predicted octanol–water partition coefficient (Wildman–Crippen LogP) is 5.04. The second kappa shape index (κ2) is 9.96. The molecule has 2 aromatic heterocycles. The van der Waals surface area contributed by atoms with E-state index < -0.39 is 4.92 Å². The number of benzene rings is 2. The summed E-state index contributed by atoms with van der Waals surface area (Å²) in [5.41, 5.74) is 1.73. The number of thioether (sulfide) groups is 1. The summed E-state index contributed by atoms with van der Waals surface area (Å²) in [5.74, 6) is 0.928. The van der Waals surface area contributed by atoms with Gasteiger partial charge in [0.1, 0.15) is 5.75 Å². The molecule has 0 aliphatic carbocycles. The maximum atomic E-state index is 13.1. The zero-order chi connectivity index (χ0) is 24.5. The molecule has 182 valence electrons. The van der Waals surface area contributed by atoms with Gasteiger partial charge < -0.3 is 14.5 Å². The van der Waals surface area contributed by atoms with E-state index in [0.29, 0.717) is 32.8 Å². The van der Waals surface area contributed by atoms with Crippen molar-refractivity contribution in [3.63, 3.8) is 0 Å². The molecule has 1 aliphatic rings. The summed E-state index contributed by atoms with van der Waals surface area (Å²) in [7, 11) is 0. The van der Waals surface area contributed by atoms with Crippen molar-refractivity contribution < 1.29 is 14.5 Å². The molecule has 9 nitrogen and oxygen atoms in total. The second-order valence-electron chi connectivity index (χ2n) is 8.02. The SMILES string of the molecule is CCOc1ccc2nc(S[C@H](C)C(=O)N3CCN(c4nc5ccc([N+](=O)[O-])cc5s4)CC3)sc2c1. The van der Waals surface area contributed by atoms with Crippen LogP contribution in [0.5, 0.6) is 5.75 Å². The molecular weight excluding hydrogens is 506 g/mol. The molecule has 0 bridgehead atoms. The first-order chi connectivity index (χ1) is 16.9. The minimum Gasteiger partial charge on any atom is -0.494 e. The third-order valence-corrected chi connectivity index (χ3v) is 8.99. The number of non-ortho nitro benzene ring substituents is 1. The highest BCUT2D eigenvalue weighted by Gasteiger charge is 2.27. The lowest BCUT2D eigenvalue weighted by Gasteiger charge is -2.35. The van der Waals surface area contributed by atoms with E-state index in [1.165, 1.54) is 29.2 Å². The molecule has 3 heterocycles. The average molecular weight is 530 g/mol. The summed E-state index contributed by atoms with van der Waals surface area (Å²) < 4.78 is 8.29. The normalized spacial score (nSPS) is 15.0. The number of carbonyl (C=O) groups excluding carboxylic acids is 1. The summed E-state index contributed by atoms with van der Waals surface area (Å²) in [6.45, 7) is 7.07. The van der Waals surface area contributed by atoms with Gasteiger partial charge in [-0.1, -0.05) is 23.1 Å². The minimum absolute atomic E-state index is 0.0671. The highest BCUT2D eigenvalue weighted by atomic mass is 32.2. The summed E-state index contributed by atoms with van der Waals surface area (Å²) >= 11 is 4.51. The van der Waals surface area contributed by atoms with E-state index in [1.807, 2.05) is 36.9 Å². The Kier molecular flexibility index (Phi) is 6.76. The van der Waals surface area contributed by atoms with Crippen LogP contribution in [0.4, 0.5) is 10.8 Å². The molecule has 0 radical (unpaired) electrons. The Morgan fingerprint density at radius 2 is 1.83 bits per heavy atom. The second-order valence-corrected chi connectivity index (χ2v) is 11.6. The number of hydrogen-bond acceptors (Lipinski definition) is 10. The number of anilines is 1. The van der Waals surface area contributed by atoms with Gasteiger partial charge in [0.2, 0.25) is 5.91 Å². The van der Waals surface area contributed by atoms with Crippen LogP contribution in [0, 0.1) is 10.1 Å². The van der Waals surface area contributed by atoms with Crippen molar-refractivity contribution >= 4 is 71.6 Å². The van der Waals surface area contributed by atoms with Crippen molar-refractivity contribution in [3.05, 3.63) is 46.5 Å². The van der Waals surface area contributed by atoms with Crippen molar-refractivity contribution in [2.24, 2.45) is 0 Å². The summed E-state index contributed by atoms with van der Waals surface area (Å²) in [4.78, 5) is 37.1. The monoisotopic (exact) mass is 529 g/mol. The van der Waals surface area contributed by atoms with E-state index in [9.17, 15) is 14.9 Å². The molecule has 0 saturated carbocycles. The van der Waals surface area contributed by atoms with Crippen molar-refractivity contribution in [3.8, 4) is 5.75 Å². The molecule has 0 spiro atoms. The van der Waals surface area contributed by atoms with Gasteiger partial charge in [0, 0.05) is 38.3 Å². The number of thiazole rings is 2. The van der Waals surface area contributed by atoms with Gasteiger partial charge >= 0.3 is 0 Å². The van der Waals surface area contributed by atoms with Crippen molar-refractivity contribution in [1.82, 2.24) is 14.9 Å². The maximum Gasteiger partial charge on any atom is 0.270 e. The summed E-state index contributed by atoms with van der Waals surface area (Å²) in [6.07, 6.45) is 0. The number of ether oxygens (including phenoxy) is 1. The number of nitro groups is 1. The van der Waals surface area contributed by atoms with Crippen LogP contribution >= 0.6 is 34.4 Å². The number of carbonyl (C=O) groups is 1. The molecule has 0 N–H and O–H groups in total. The Balaban J connectivity index is 1.20. The Hall–Kier alpha value is -2.96. The Morgan fingerprint density at radius 1 is 1.11 bits per heavy atom. The molecule has 5 rings (SSSR count). The van der Waals surface area contributed by atoms with E-state index in [4.69, 9.17) is 4.74 Å². The first kappa shape index (κ1) is 23.8. The molecule has 1 saturated heterocycles. The van der Waals surface area contributed by atoms with Crippen LogP contribution in [0.3, 0.4) is 0 Å². The fraction of sp³-hybridized carbons (Fsp3) is 0.348. The lowest BCUT2D eigenvalue weighted by molar-refractivity contribution is -0.384. The first-order valence-corrected chi connectivity index (χ1v) is 13.7. The Morgan fingerprint density at radius 3 is 2.57 bits per heavy atom. The number of hydrogen-bond donors (Lipinski definition) is 0. The zero-order valence-electron chi connectivity index (χ0n) is 19.2. The lowest BCUT2D eigenvalue weighted by atomic mass is 10.3. The number of aromatic nitrogens is 2. The summed E-state index contributed by atoms with van der Waals surface area (Å²) in [6, 6.07) is 10.6. The highest BCUT2D eigenvalue weighted by molar-refractivity contribution is 8.02. The van der Waals surface area contributed by atoms with Gasteiger partial charge in [0.05, 0.1) is 37.2 Å². The molecular formula is C23H23N5O4S3. The standard InChI is InChI=1S/C23H23N5O4S3/c1-3-32-16-5-7-18-20(13-16)35-23(25-18)33-14(2)21(29)26-8-10-27(11-9-26)22-24-17-6-4-15(28(30)31)12-19(17)34-22/h4-7,12-14H,3,8-11H2,1-2H3/t14-/m1/s1. The maximum absolute atomic E-state index is 13.1. The molecule has 2 aromatic carbocycles. The molecule has 1 amide bonds. The van der Waals surface area contributed by atoms with Crippen LogP contribution in [0.1, 0.15) is 13.8 Å². The van der Waals surface area contributed by atoms with Gasteiger partial charge in [-0.05, 0) is 38.1 Å². The Labute approximate surface area is 213 Å². The van der Waals surface area contributed by atoms with E-state index in [0.717, 1.165) is 35.7 Å². The Bertz CT molecular complexity index is 1400. The number of rotatable bonds is 7. The molecule has 4 aromatic rings. The van der Waals surface area contributed by atoms with Crippen LogP contribution in [-0.2, 0) is 4.79 Å². The van der Waals surface area contributed by atoms with Gasteiger partial charge in [0.15, 0.2) is 9.47 Å². The molecule has 35 heavy (non-hydrogen) atoms. The fourth-order valence-corrected chi connectivity index (χ4v) is 7.29. The topological polar surface area (TPSA) is 102 Å². The highest BCUT2D eigenvalue weighted by Crippen LogP contribution is 2.35. The van der Waals surface area contributed by atoms with Crippen LogP contribution in [-0.4, -0.2) is 63.7 Å². The van der Waals surface area contributed by atoms with Crippen molar-refractivity contribution in [2.75, 3.05) is 37.7 Å². The number of piperazine rings is 1. The van der Waals surface area contributed by atoms with Gasteiger partial charge in [-0.2, -0.15) is 0 Å². The van der Waals surface area contributed by atoms with Crippen molar-refractivity contribution in [1.29, 1.82) is 0 Å². The van der Waals surface area contributed by atoms with Crippen molar-refractivity contribution in [2.45, 2.75) is 23.4 Å². The summed E-state index contributed by atoms with van der Waals surface area (Å²) in [5, 5.41) is 11.6. The quantitative estimate of drug-likeness (QED) is 0.186. The van der Waals surface area contributed by atoms with Gasteiger partial charge in [-0.15, -0.1) is 11.3 Å². The van der Waals surface area contributed by atoms with Gasteiger partial charge in [-0.3, -0.25) is 14.9 Å². The molecule has 1 aliphatic heterocycles. The third kappa shape index (κ3) is 5.04. The van der Waals surface area contributed by atoms with Gasteiger partial charge in [-0.25, -0.2) is 9.97 Å². The molecule has 0 unspecified atom stereocenters.